The lowest BCUT2D eigenvalue weighted by Crippen LogP contribution is -2.31. The highest BCUT2D eigenvalue weighted by atomic mass is 16.5. The molecular formula is C18H29N3O2. The van der Waals surface area contributed by atoms with Crippen LogP contribution in [0.2, 0.25) is 0 Å². The maximum Gasteiger partial charge on any atom is 0.274 e. The molecule has 2 heterocycles. The minimum absolute atomic E-state index is 0.0182. The van der Waals surface area contributed by atoms with Gasteiger partial charge in [0.2, 0.25) is 0 Å². The maximum absolute atomic E-state index is 12.8. The molecule has 1 N–H and O–H groups in total. The number of amides is 1. The van der Waals surface area contributed by atoms with Gasteiger partial charge in [-0.3, -0.25) is 9.89 Å². The molecule has 1 amide bonds. The van der Waals surface area contributed by atoms with E-state index < -0.39 is 0 Å². The Morgan fingerprint density at radius 3 is 2.78 bits per heavy atom. The summed E-state index contributed by atoms with van der Waals surface area (Å²) in [6, 6.07) is 0. The highest BCUT2D eigenvalue weighted by molar-refractivity contribution is 5.94. The predicted molar refractivity (Wildman–Crippen MR) is 89.4 cm³/mol. The zero-order valence-corrected chi connectivity index (χ0v) is 14.6. The summed E-state index contributed by atoms with van der Waals surface area (Å²) >= 11 is 0. The van der Waals surface area contributed by atoms with Crippen molar-refractivity contribution in [2.24, 2.45) is 5.92 Å². The second kappa shape index (κ2) is 7.04. The van der Waals surface area contributed by atoms with E-state index in [1.165, 1.54) is 32.1 Å². The first-order valence-electron chi connectivity index (χ1n) is 9.04. The number of hydrogen-bond acceptors (Lipinski definition) is 3. The second-order valence-corrected chi connectivity index (χ2v) is 7.28. The van der Waals surface area contributed by atoms with Crippen LogP contribution in [-0.2, 0) is 11.2 Å². The second-order valence-electron chi connectivity index (χ2n) is 7.28. The van der Waals surface area contributed by atoms with Gasteiger partial charge in [-0.2, -0.15) is 5.10 Å². The monoisotopic (exact) mass is 319 g/mol. The average Bonchev–Trinajstić information content (AvgIpc) is 2.97. The molecule has 1 saturated carbocycles. The van der Waals surface area contributed by atoms with Gasteiger partial charge in [0.05, 0.1) is 17.9 Å². The third kappa shape index (κ3) is 3.60. The largest absolute Gasteiger partial charge is 0.369 e. The van der Waals surface area contributed by atoms with Crippen LogP contribution in [0, 0.1) is 5.92 Å². The molecule has 0 radical (unpaired) electrons. The van der Waals surface area contributed by atoms with Gasteiger partial charge in [0.15, 0.2) is 5.69 Å². The minimum atomic E-state index is -0.0182. The van der Waals surface area contributed by atoms with Crippen LogP contribution in [0.4, 0.5) is 0 Å². The van der Waals surface area contributed by atoms with E-state index in [1.54, 1.807) is 0 Å². The number of nitrogens with zero attached hydrogens (tertiary/aromatic N) is 2. The molecule has 3 rings (SSSR count). The molecule has 128 valence electrons. The van der Waals surface area contributed by atoms with E-state index in [-0.39, 0.29) is 18.1 Å². The van der Waals surface area contributed by atoms with Gasteiger partial charge in [0.1, 0.15) is 0 Å². The maximum atomic E-state index is 12.8. The molecule has 1 aromatic rings. The Labute approximate surface area is 138 Å². The first-order chi connectivity index (χ1) is 11.1. The summed E-state index contributed by atoms with van der Waals surface area (Å²) in [5.41, 5.74) is 2.60. The fraction of sp³-hybridized carbons (Fsp3) is 0.778. The van der Waals surface area contributed by atoms with E-state index in [0.29, 0.717) is 5.69 Å². The third-order valence-electron chi connectivity index (χ3n) is 5.38. The molecule has 2 atom stereocenters. The summed E-state index contributed by atoms with van der Waals surface area (Å²) in [4.78, 5) is 14.6. The molecule has 0 unspecified atom stereocenters. The number of carbonyl (C=O) groups is 1. The predicted octanol–water partition coefficient (Wildman–Crippen LogP) is 3.47. The van der Waals surface area contributed by atoms with E-state index in [4.69, 9.17) is 4.74 Å². The number of H-pyrrole nitrogens is 1. The van der Waals surface area contributed by atoms with Crippen molar-refractivity contribution in [1.82, 2.24) is 15.1 Å². The quantitative estimate of drug-likeness (QED) is 0.924. The normalized spacial score (nSPS) is 25.2. The molecule has 1 fully saturated rings. The van der Waals surface area contributed by atoms with Gasteiger partial charge in [-0.25, -0.2) is 0 Å². The van der Waals surface area contributed by atoms with Gasteiger partial charge in [0.25, 0.3) is 5.91 Å². The molecule has 1 aromatic heterocycles. The summed E-state index contributed by atoms with van der Waals surface area (Å²) in [5.74, 6) is 0.833. The van der Waals surface area contributed by atoms with E-state index in [1.807, 2.05) is 25.8 Å². The number of aromatic nitrogens is 2. The Morgan fingerprint density at radius 1 is 1.30 bits per heavy atom. The Balaban J connectivity index is 1.63. The van der Waals surface area contributed by atoms with Crippen LogP contribution in [0.5, 0.6) is 0 Å². The van der Waals surface area contributed by atoms with Crippen LogP contribution in [-0.4, -0.2) is 40.7 Å². The first-order valence-corrected chi connectivity index (χ1v) is 9.04. The minimum Gasteiger partial charge on any atom is -0.369 e. The first kappa shape index (κ1) is 16.5. The molecular weight excluding hydrogens is 290 g/mol. The Hall–Kier alpha value is -1.36. The highest BCUT2D eigenvalue weighted by Gasteiger charge is 2.30. The topological polar surface area (TPSA) is 58.2 Å². The summed E-state index contributed by atoms with van der Waals surface area (Å²) in [5, 5.41) is 7.32. The standard InChI is InChI=1S/C18H29N3O2/c1-12-11-15-16(13(2)23-12)19-20-17(15)18(22)21(3)10-9-14-7-5-4-6-8-14/h12-14H,4-11H2,1-3H3,(H,19,20)/t12-,13+/m1/s1. The average molecular weight is 319 g/mol. The molecule has 1 aliphatic heterocycles. The molecule has 0 aromatic carbocycles. The van der Waals surface area contributed by atoms with E-state index in [2.05, 4.69) is 10.2 Å². The van der Waals surface area contributed by atoms with Crippen molar-refractivity contribution in [2.75, 3.05) is 13.6 Å². The molecule has 2 aliphatic rings. The van der Waals surface area contributed by atoms with Crippen molar-refractivity contribution in [3.8, 4) is 0 Å². The number of nitrogens with one attached hydrogen (secondary N) is 1. The molecule has 1 aliphatic carbocycles. The summed E-state index contributed by atoms with van der Waals surface area (Å²) in [7, 11) is 1.90. The molecule has 5 heteroatoms. The van der Waals surface area contributed by atoms with Crippen molar-refractivity contribution in [3.05, 3.63) is 17.0 Å². The Bertz CT molecular complexity index is 548. The smallest absolute Gasteiger partial charge is 0.274 e. The Morgan fingerprint density at radius 2 is 2.04 bits per heavy atom. The number of ether oxygens (including phenoxy) is 1. The van der Waals surface area contributed by atoms with Crippen molar-refractivity contribution >= 4 is 5.91 Å². The van der Waals surface area contributed by atoms with Gasteiger partial charge < -0.3 is 9.64 Å². The number of hydrogen-bond donors (Lipinski definition) is 1. The summed E-state index contributed by atoms with van der Waals surface area (Å²) in [6.07, 6.45) is 8.72. The van der Waals surface area contributed by atoms with Crippen LogP contribution in [0.3, 0.4) is 0 Å². The summed E-state index contributed by atoms with van der Waals surface area (Å²) < 4.78 is 5.80. The fourth-order valence-electron chi connectivity index (χ4n) is 3.98. The van der Waals surface area contributed by atoms with E-state index in [9.17, 15) is 4.79 Å². The van der Waals surface area contributed by atoms with E-state index in [0.717, 1.165) is 36.6 Å². The molecule has 5 nitrogen and oxygen atoms in total. The van der Waals surface area contributed by atoms with Gasteiger partial charge in [-0.15, -0.1) is 0 Å². The Kier molecular flexibility index (Phi) is 5.05. The zero-order valence-electron chi connectivity index (χ0n) is 14.6. The van der Waals surface area contributed by atoms with Gasteiger partial charge >= 0.3 is 0 Å². The van der Waals surface area contributed by atoms with Crippen LogP contribution < -0.4 is 0 Å². The van der Waals surface area contributed by atoms with Crippen LogP contribution >= 0.6 is 0 Å². The lowest BCUT2D eigenvalue weighted by molar-refractivity contribution is -0.00701. The van der Waals surface area contributed by atoms with Crippen molar-refractivity contribution in [1.29, 1.82) is 0 Å². The number of carbonyl (C=O) groups excluding carboxylic acids is 1. The van der Waals surface area contributed by atoms with E-state index >= 15 is 0 Å². The number of aromatic amines is 1. The molecule has 0 spiro atoms. The van der Waals surface area contributed by atoms with Crippen LogP contribution in [0.15, 0.2) is 0 Å². The molecule has 23 heavy (non-hydrogen) atoms. The van der Waals surface area contributed by atoms with Crippen molar-refractivity contribution in [3.63, 3.8) is 0 Å². The molecule has 0 bridgehead atoms. The number of fused-ring (bicyclic) bond motifs is 1. The number of rotatable bonds is 4. The lowest BCUT2D eigenvalue weighted by atomic mass is 9.87. The SMILES string of the molecule is C[C@@H]1Cc2c(C(=O)N(C)CCC3CCCCC3)n[nH]c2[C@H](C)O1. The fourth-order valence-corrected chi connectivity index (χ4v) is 3.98. The van der Waals surface area contributed by atoms with Gasteiger partial charge in [-0.1, -0.05) is 32.1 Å². The van der Waals surface area contributed by atoms with Gasteiger partial charge in [-0.05, 0) is 26.2 Å². The van der Waals surface area contributed by atoms with Crippen molar-refractivity contribution < 1.29 is 9.53 Å². The van der Waals surface area contributed by atoms with Crippen LogP contribution in [0.25, 0.3) is 0 Å². The summed E-state index contributed by atoms with van der Waals surface area (Å²) in [6.45, 7) is 4.88. The highest BCUT2D eigenvalue weighted by Crippen LogP contribution is 2.31. The lowest BCUT2D eigenvalue weighted by Gasteiger charge is -2.26. The third-order valence-corrected chi connectivity index (χ3v) is 5.38. The van der Waals surface area contributed by atoms with Crippen molar-refractivity contribution in [2.45, 2.75) is 71.0 Å². The van der Waals surface area contributed by atoms with Gasteiger partial charge in [0, 0.05) is 25.6 Å². The molecule has 0 saturated heterocycles. The zero-order chi connectivity index (χ0) is 16.4. The van der Waals surface area contributed by atoms with Crippen LogP contribution in [0.1, 0.15) is 80.2 Å².